The number of aromatic nitrogens is 1. The summed E-state index contributed by atoms with van der Waals surface area (Å²) in [4.78, 5) is 4.37. The van der Waals surface area contributed by atoms with E-state index >= 15 is 0 Å². The highest BCUT2D eigenvalue weighted by molar-refractivity contribution is 14.1. The number of benzene rings is 1. The Morgan fingerprint density at radius 2 is 2.07 bits per heavy atom. The van der Waals surface area contributed by atoms with Gasteiger partial charge < -0.3 is 0 Å². The molecule has 76 valence electrons. The third kappa shape index (κ3) is 2.39. The van der Waals surface area contributed by atoms with Crippen LogP contribution in [0.2, 0.25) is 0 Å². The van der Waals surface area contributed by atoms with E-state index in [0.29, 0.717) is 0 Å². The van der Waals surface area contributed by atoms with E-state index in [2.05, 4.69) is 62.6 Å². The summed E-state index contributed by atoms with van der Waals surface area (Å²) in [5.74, 6) is 0. The second-order valence-electron chi connectivity index (χ2n) is 3.28. The van der Waals surface area contributed by atoms with E-state index < -0.39 is 0 Å². The Kier molecular flexibility index (Phi) is 3.41. The zero-order chi connectivity index (χ0) is 10.8. The van der Waals surface area contributed by atoms with Gasteiger partial charge in [0.1, 0.15) is 0 Å². The normalized spacial score (nSPS) is 10.3. The van der Waals surface area contributed by atoms with Crippen LogP contribution in [0.25, 0.3) is 11.3 Å². The van der Waals surface area contributed by atoms with Gasteiger partial charge in [0.15, 0.2) is 0 Å². The van der Waals surface area contributed by atoms with E-state index in [0.717, 1.165) is 10.2 Å². The number of rotatable bonds is 1. The smallest absolute Gasteiger partial charge is 0.0705 e. The molecule has 0 fully saturated rings. The summed E-state index contributed by atoms with van der Waals surface area (Å²) in [6, 6.07) is 10.2. The predicted molar refractivity (Wildman–Crippen MR) is 74.8 cm³/mol. The van der Waals surface area contributed by atoms with Gasteiger partial charge in [-0.1, -0.05) is 22.0 Å². The second-order valence-corrected chi connectivity index (χ2v) is 5.38. The van der Waals surface area contributed by atoms with Crippen LogP contribution in [0, 0.1) is 10.5 Å². The van der Waals surface area contributed by atoms with Crippen LogP contribution in [0.4, 0.5) is 0 Å². The predicted octanol–water partition coefficient (Wildman–Crippen LogP) is 4.42. The Morgan fingerprint density at radius 3 is 2.73 bits per heavy atom. The van der Waals surface area contributed by atoms with E-state index in [9.17, 15) is 0 Å². The molecule has 0 saturated carbocycles. The molecule has 2 aromatic rings. The molecule has 1 nitrogen and oxygen atoms in total. The molecule has 15 heavy (non-hydrogen) atoms. The van der Waals surface area contributed by atoms with Crippen LogP contribution >= 0.6 is 38.5 Å². The highest BCUT2D eigenvalue weighted by atomic mass is 127. The average Bonchev–Trinajstić information content (AvgIpc) is 2.24. The Hall–Kier alpha value is -0.420. The third-order valence-corrected chi connectivity index (χ3v) is 3.70. The van der Waals surface area contributed by atoms with Crippen molar-refractivity contribution in [2.45, 2.75) is 6.92 Å². The molecule has 1 aromatic carbocycles. The fourth-order valence-corrected chi connectivity index (χ4v) is 2.94. The fraction of sp³-hybridized carbons (Fsp3) is 0.0833. The maximum absolute atomic E-state index is 4.37. The molecule has 1 heterocycles. The van der Waals surface area contributed by atoms with E-state index in [1.54, 1.807) is 0 Å². The lowest BCUT2D eigenvalue weighted by Crippen LogP contribution is -1.89. The van der Waals surface area contributed by atoms with Crippen LogP contribution in [0.3, 0.4) is 0 Å². The van der Waals surface area contributed by atoms with Crippen molar-refractivity contribution in [1.29, 1.82) is 0 Å². The lowest BCUT2D eigenvalue weighted by Gasteiger charge is -2.07. The van der Waals surface area contributed by atoms with Gasteiger partial charge in [0, 0.05) is 19.8 Å². The summed E-state index contributed by atoms with van der Waals surface area (Å²) in [5, 5.41) is 0. The highest BCUT2D eigenvalue weighted by Crippen LogP contribution is 2.29. The standard InChI is InChI=1S/C12H9BrIN/c1-8-10(6-9(14)7-11(8)13)12-4-2-3-5-15-12/h2-7H,1H3. The zero-order valence-electron chi connectivity index (χ0n) is 8.17. The van der Waals surface area contributed by atoms with E-state index in [-0.39, 0.29) is 0 Å². The molecule has 0 unspecified atom stereocenters. The first-order valence-corrected chi connectivity index (χ1v) is 6.42. The van der Waals surface area contributed by atoms with Crippen molar-refractivity contribution >= 4 is 38.5 Å². The van der Waals surface area contributed by atoms with Crippen LogP contribution in [-0.2, 0) is 0 Å². The highest BCUT2D eigenvalue weighted by Gasteiger charge is 2.06. The summed E-state index contributed by atoms with van der Waals surface area (Å²) in [6.45, 7) is 2.10. The Morgan fingerprint density at radius 1 is 1.27 bits per heavy atom. The molecule has 0 aliphatic heterocycles. The Bertz CT molecular complexity index is 482. The van der Waals surface area contributed by atoms with Crippen molar-refractivity contribution in [3.8, 4) is 11.3 Å². The van der Waals surface area contributed by atoms with Crippen molar-refractivity contribution in [2.24, 2.45) is 0 Å². The lowest BCUT2D eigenvalue weighted by atomic mass is 10.1. The maximum atomic E-state index is 4.37. The first-order chi connectivity index (χ1) is 7.18. The number of hydrogen-bond donors (Lipinski definition) is 0. The minimum atomic E-state index is 1.02. The first kappa shape index (κ1) is 11.1. The van der Waals surface area contributed by atoms with Crippen LogP contribution in [0.15, 0.2) is 41.0 Å². The molecule has 0 amide bonds. The SMILES string of the molecule is Cc1c(Br)cc(I)cc1-c1ccccn1. The molecule has 1 aromatic heterocycles. The molecule has 0 atom stereocenters. The van der Waals surface area contributed by atoms with Gasteiger partial charge in [-0.15, -0.1) is 0 Å². The monoisotopic (exact) mass is 373 g/mol. The van der Waals surface area contributed by atoms with Gasteiger partial charge >= 0.3 is 0 Å². The number of halogens is 2. The molecular formula is C12H9BrIN. The molecule has 0 saturated heterocycles. The second kappa shape index (κ2) is 4.61. The molecule has 0 radical (unpaired) electrons. The summed E-state index contributed by atoms with van der Waals surface area (Å²) < 4.78 is 2.35. The largest absolute Gasteiger partial charge is 0.256 e. The lowest BCUT2D eigenvalue weighted by molar-refractivity contribution is 1.29. The van der Waals surface area contributed by atoms with Gasteiger partial charge in [-0.2, -0.15) is 0 Å². The van der Waals surface area contributed by atoms with Crippen LogP contribution in [-0.4, -0.2) is 4.98 Å². The van der Waals surface area contributed by atoms with Crippen molar-refractivity contribution in [3.63, 3.8) is 0 Å². The molecule has 0 N–H and O–H groups in total. The summed E-state index contributed by atoms with van der Waals surface area (Å²) >= 11 is 5.88. The van der Waals surface area contributed by atoms with Gasteiger partial charge in [-0.3, -0.25) is 4.98 Å². The van der Waals surface area contributed by atoms with E-state index in [1.807, 2.05) is 24.4 Å². The van der Waals surface area contributed by atoms with Gasteiger partial charge in [-0.05, 0) is 59.3 Å². The third-order valence-electron chi connectivity index (χ3n) is 2.25. The maximum Gasteiger partial charge on any atom is 0.0705 e. The van der Waals surface area contributed by atoms with Gasteiger partial charge in [0.2, 0.25) is 0 Å². The minimum absolute atomic E-state index is 1.02. The molecule has 2 rings (SSSR count). The van der Waals surface area contributed by atoms with Crippen LogP contribution in [0.5, 0.6) is 0 Å². The molecule has 3 heteroatoms. The van der Waals surface area contributed by atoms with E-state index in [4.69, 9.17) is 0 Å². The molecule has 0 aliphatic carbocycles. The van der Waals surface area contributed by atoms with E-state index in [1.165, 1.54) is 14.7 Å². The molecule has 0 bridgehead atoms. The Labute approximate surface area is 111 Å². The number of pyridine rings is 1. The first-order valence-electron chi connectivity index (χ1n) is 4.55. The van der Waals surface area contributed by atoms with Gasteiger partial charge in [-0.25, -0.2) is 0 Å². The topological polar surface area (TPSA) is 12.9 Å². The molecule has 0 aliphatic rings. The van der Waals surface area contributed by atoms with Crippen LogP contribution in [0.1, 0.15) is 5.56 Å². The summed E-state index contributed by atoms with van der Waals surface area (Å²) in [7, 11) is 0. The number of nitrogens with zero attached hydrogens (tertiary/aromatic N) is 1. The quantitative estimate of drug-likeness (QED) is 0.674. The number of hydrogen-bond acceptors (Lipinski definition) is 1. The van der Waals surface area contributed by atoms with Crippen molar-refractivity contribution in [1.82, 2.24) is 4.98 Å². The van der Waals surface area contributed by atoms with Gasteiger partial charge in [0.25, 0.3) is 0 Å². The molecule has 0 spiro atoms. The minimum Gasteiger partial charge on any atom is -0.256 e. The summed E-state index contributed by atoms with van der Waals surface area (Å²) in [5.41, 5.74) is 3.44. The Balaban J connectivity index is 2.63. The summed E-state index contributed by atoms with van der Waals surface area (Å²) in [6.07, 6.45) is 1.82. The fourth-order valence-electron chi connectivity index (χ4n) is 1.43. The van der Waals surface area contributed by atoms with Crippen LogP contribution < -0.4 is 0 Å². The van der Waals surface area contributed by atoms with Crippen molar-refractivity contribution < 1.29 is 0 Å². The van der Waals surface area contributed by atoms with Gasteiger partial charge in [0.05, 0.1) is 5.69 Å². The zero-order valence-corrected chi connectivity index (χ0v) is 11.9. The molecular weight excluding hydrogens is 365 g/mol. The van der Waals surface area contributed by atoms with Crippen molar-refractivity contribution in [3.05, 3.63) is 50.1 Å². The van der Waals surface area contributed by atoms with Crippen molar-refractivity contribution in [2.75, 3.05) is 0 Å². The average molecular weight is 374 g/mol.